The number of urea groups is 1. The number of carbonyl (C=O) groups is 4. The van der Waals surface area contributed by atoms with Gasteiger partial charge in [0.05, 0.1) is 5.69 Å². The van der Waals surface area contributed by atoms with E-state index in [1.807, 2.05) is 0 Å². The number of benzene rings is 2. The topological polar surface area (TPSA) is 117 Å². The summed E-state index contributed by atoms with van der Waals surface area (Å²) in [4.78, 5) is 49.0. The Morgan fingerprint density at radius 2 is 1.63 bits per heavy atom. The molecule has 0 fully saturated rings. The van der Waals surface area contributed by atoms with Crippen molar-refractivity contribution in [2.75, 3.05) is 12.1 Å². The average Bonchev–Trinajstić information content (AvgIpc) is 2.78. The minimum Gasteiger partial charge on any atom is -0.443 e. The van der Waals surface area contributed by atoms with Gasteiger partial charge >= 0.3 is 12.0 Å². The maximum Gasteiger partial charge on any atom is 0.355 e. The molecular formula is C21H20N4O5. The van der Waals surface area contributed by atoms with Gasteiger partial charge in [-0.1, -0.05) is 48.5 Å². The van der Waals surface area contributed by atoms with E-state index >= 15 is 0 Å². The van der Waals surface area contributed by atoms with Crippen molar-refractivity contribution in [1.82, 2.24) is 10.6 Å². The zero-order valence-electron chi connectivity index (χ0n) is 16.2. The number of anilines is 1. The third kappa shape index (κ3) is 4.88. The Morgan fingerprint density at radius 1 is 1.00 bits per heavy atom. The van der Waals surface area contributed by atoms with E-state index < -0.39 is 24.0 Å². The lowest BCUT2D eigenvalue weighted by Gasteiger charge is -2.24. The predicted molar refractivity (Wildman–Crippen MR) is 108 cm³/mol. The molecule has 9 nitrogen and oxygen atoms in total. The summed E-state index contributed by atoms with van der Waals surface area (Å²) < 4.78 is 5.40. The summed E-state index contributed by atoms with van der Waals surface area (Å²) in [5.74, 6) is -1.90. The van der Waals surface area contributed by atoms with Gasteiger partial charge < -0.3 is 10.1 Å². The van der Waals surface area contributed by atoms with Crippen molar-refractivity contribution in [2.24, 2.45) is 5.10 Å². The average molecular weight is 408 g/mol. The van der Waals surface area contributed by atoms with E-state index in [1.165, 1.54) is 7.05 Å². The molecule has 0 bridgehead atoms. The molecule has 1 heterocycles. The summed E-state index contributed by atoms with van der Waals surface area (Å²) in [5, 5.41) is 9.65. The number of hydrazone groups is 1. The fourth-order valence-corrected chi connectivity index (χ4v) is 2.79. The lowest BCUT2D eigenvalue weighted by molar-refractivity contribution is -0.150. The lowest BCUT2D eigenvalue weighted by atomic mass is 10.1. The van der Waals surface area contributed by atoms with Gasteiger partial charge in [-0.25, -0.2) is 14.6 Å². The van der Waals surface area contributed by atoms with Gasteiger partial charge in [-0.3, -0.25) is 14.9 Å². The zero-order valence-corrected chi connectivity index (χ0v) is 16.2. The third-order valence-electron chi connectivity index (χ3n) is 4.30. The summed E-state index contributed by atoms with van der Waals surface area (Å²) in [7, 11) is 1.36. The number of nitrogens with zero attached hydrogens (tertiary/aromatic N) is 2. The quantitative estimate of drug-likeness (QED) is 0.733. The molecule has 1 aliphatic heterocycles. The van der Waals surface area contributed by atoms with E-state index in [9.17, 15) is 19.2 Å². The SMILES string of the molecule is CNC(=O)NC(=O)C(OC(=O)C1=NN(c2ccccc2)C(=O)CC1)c1ccccc1. The Labute approximate surface area is 172 Å². The smallest absolute Gasteiger partial charge is 0.355 e. The molecule has 0 spiro atoms. The highest BCUT2D eigenvalue weighted by molar-refractivity contribution is 6.38. The number of hydrogen-bond donors (Lipinski definition) is 2. The zero-order chi connectivity index (χ0) is 21.5. The molecule has 0 radical (unpaired) electrons. The molecule has 1 atom stereocenters. The van der Waals surface area contributed by atoms with Crippen LogP contribution in [0.4, 0.5) is 10.5 Å². The number of nitrogens with one attached hydrogen (secondary N) is 2. The van der Waals surface area contributed by atoms with Crippen LogP contribution in [0.2, 0.25) is 0 Å². The van der Waals surface area contributed by atoms with E-state index in [-0.39, 0.29) is 24.5 Å². The molecule has 9 heteroatoms. The minimum atomic E-state index is -1.36. The summed E-state index contributed by atoms with van der Waals surface area (Å²) in [6.45, 7) is 0. The summed E-state index contributed by atoms with van der Waals surface area (Å²) >= 11 is 0. The molecule has 2 N–H and O–H groups in total. The maximum atomic E-state index is 12.8. The molecule has 4 amide bonds. The van der Waals surface area contributed by atoms with Crippen LogP contribution < -0.4 is 15.6 Å². The Balaban J connectivity index is 1.83. The molecule has 154 valence electrons. The van der Waals surface area contributed by atoms with E-state index in [0.717, 1.165) is 5.01 Å². The molecule has 3 rings (SSSR count). The highest BCUT2D eigenvalue weighted by Gasteiger charge is 2.31. The first-order chi connectivity index (χ1) is 14.5. The Hall–Kier alpha value is -4.01. The molecule has 30 heavy (non-hydrogen) atoms. The van der Waals surface area contributed by atoms with Crippen molar-refractivity contribution < 1.29 is 23.9 Å². The van der Waals surface area contributed by atoms with Crippen LogP contribution in [0, 0.1) is 0 Å². The number of imide groups is 1. The van der Waals surface area contributed by atoms with E-state index in [1.54, 1.807) is 60.7 Å². The molecule has 0 aliphatic carbocycles. The van der Waals surface area contributed by atoms with Gasteiger partial charge in [0.15, 0.2) is 0 Å². The Kier molecular flexibility index (Phi) is 6.53. The first-order valence-corrected chi connectivity index (χ1v) is 9.23. The highest BCUT2D eigenvalue weighted by atomic mass is 16.5. The van der Waals surface area contributed by atoms with Crippen LogP contribution in [-0.2, 0) is 19.1 Å². The van der Waals surface area contributed by atoms with E-state index in [0.29, 0.717) is 11.3 Å². The standard InChI is InChI=1S/C21H20N4O5/c1-22-21(29)23-19(27)18(14-8-4-2-5-9-14)30-20(28)16-12-13-17(26)25(24-16)15-10-6-3-7-11-15/h2-11,18H,12-13H2,1H3,(H2,22,23,27,29). The molecule has 0 saturated heterocycles. The van der Waals surface area contributed by atoms with Crippen molar-refractivity contribution in [2.45, 2.75) is 18.9 Å². The summed E-state index contributed by atoms with van der Waals surface area (Å²) in [5.41, 5.74) is 0.913. The normalized spacial score (nSPS) is 14.4. The summed E-state index contributed by atoms with van der Waals surface area (Å²) in [6.07, 6.45) is -1.20. The van der Waals surface area contributed by atoms with Crippen molar-refractivity contribution >= 4 is 35.2 Å². The number of ether oxygens (including phenoxy) is 1. The van der Waals surface area contributed by atoms with Gasteiger partial charge in [0, 0.05) is 25.5 Å². The lowest BCUT2D eigenvalue weighted by Crippen LogP contribution is -2.42. The monoisotopic (exact) mass is 408 g/mol. The Morgan fingerprint density at radius 3 is 2.27 bits per heavy atom. The fourth-order valence-electron chi connectivity index (χ4n) is 2.79. The van der Waals surface area contributed by atoms with Crippen LogP contribution in [0.3, 0.4) is 0 Å². The number of carbonyl (C=O) groups excluding carboxylic acids is 4. The fraction of sp³-hybridized carbons (Fsp3) is 0.190. The highest BCUT2D eigenvalue weighted by Crippen LogP contribution is 2.22. The van der Waals surface area contributed by atoms with Crippen LogP contribution in [-0.4, -0.2) is 36.6 Å². The van der Waals surface area contributed by atoms with Gasteiger partial charge in [0.25, 0.3) is 5.91 Å². The molecule has 2 aromatic carbocycles. The Bertz CT molecular complexity index is 975. The van der Waals surface area contributed by atoms with Crippen LogP contribution in [0.25, 0.3) is 0 Å². The number of hydrogen-bond acceptors (Lipinski definition) is 6. The van der Waals surface area contributed by atoms with Gasteiger partial charge in [-0.05, 0) is 12.1 Å². The van der Waals surface area contributed by atoms with E-state index in [2.05, 4.69) is 15.7 Å². The molecule has 0 aromatic heterocycles. The van der Waals surface area contributed by atoms with Crippen LogP contribution in [0.1, 0.15) is 24.5 Å². The third-order valence-corrected chi connectivity index (χ3v) is 4.30. The molecule has 0 saturated carbocycles. The maximum absolute atomic E-state index is 12.8. The summed E-state index contributed by atoms with van der Waals surface area (Å²) in [6, 6.07) is 16.3. The molecule has 2 aromatic rings. The first-order valence-electron chi connectivity index (χ1n) is 9.23. The van der Waals surface area contributed by atoms with Crippen molar-refractivity contribution in [3.05, 3.63) is 66.2 Å². The van der Waals surface area contributed by atoms with Crippen molar-refractivity contribution in [3.8, 4) is 0 Å². The van der Waals surface area contributed by atoms with Crippen molar-refractivity contribution in [3.63, 3.8) is 0 Å². The van der Waals surface area contributed by atoms with Crippen LogP contribution in [0.15, 0.2) is 65.8 Å². The van der Waals surface area contributed by atoms with Gasteiger partial charge in [-0.2, -0.15) is 5.10 Å². The van der Waals surface area contributed by atoms with Gasteiger partial charge in [0.1, 0.15) is 5.71 Å². The predicted octanol–water partition coefficient (Wildman–Crippen LogP) is 1.91. The van der Waals surface area contributed by atoms with Gasteiger partial charge in [-0.15, -0.1) is 0 Å². The molecule has 1 unspecified atom stereocenters. The number of rotatable bonds is 5. The largest absolute Gasteiger partial charge is 0.443 e. The second-order valence-electron chi connectivity index (χ2n) is 6.35. The number of para-hydroxylation sites is 1. The molecule has 1 aliphatic rings. The van der Waals surface area contributed by atoms with Crippen LogP contribution >= 0.6 is 0 Å². The number of amides is 4. The minimum absolute atomic E-state index is 0.00660. The van der Waals surface area contributed by atoms with Gasteiger partial charge in [0.2, 0.25) is 12.0 Å². The number of esters is 1. The van der Waals surface area contributed by atoms with Crippen LogP contribution in [0.5, 0.6) is 0 Å². The van der Waals surface area contributed by atoms with Crippen molar-refractivity contribution in [1.29, 1.82) is 0 Å². The second-order valence-corrected chi connectivity index (χ2v) is 6.35. The molecular weight excluding hydrogens is 388 g/mol. The van der Waals surface area contributed by atoms with E-state index in [4.69, 9.17) is 4.74 Å². The first kappa shape index (κ1) is 20.7. The second kappa shape index (κ2) is 9.46.